The Morgan fingerprint density at radius 3 is 2.53 bits per heavy atom. The predicted molar refractivity (Wildman–Crippen MR) is 122 cm³/mol. The minimum Gasteiger partial charge on any atom is -0.461 e. The van der Waals surface area contributed by atoms with Crippen LogP contribution in [-0.2, 0) is 11.3 Å². The van der Waals surface area contributed by atoms with Gasteiger partial charge in [-0.1, -0.05) is 57.7 Å². The molecule has 0 aliphatic carbocycles. The number of carbonyl (C=O) groups is 1. The van der Waals surface area contributed by atoms with Crippen molar-refractivity contribution in [2.24, 2.45) is 5.92 Å². The van der Waals surface area contributed by atoms with Crippen molar-refractivity contribution in [3.8, 4) is 11.6 Å². The molecule has 0 bridgehead atoms. The van der Waals surface area contributed by atoms with Crippen molar-refractivity contribution in [2.45, 2.75) is 64.4 Å². The van der Waals surface area contributed by atoms with Crippen molar-refractivity contribution >= 4 is 23.4 Å². The molecule has 1 aromatic carbocycles. The molecule has 3 rings (SSSR count). The lowest BCUT2D eigenvalue weighted by Crippen LogP contribution is -2.24. The number of aryl methyl sites for hydroxylation is 1. The van der Waals surface area contributed by atoms with Gasteiger partial charge in [-0.15, -0.1) is 10.2 Å². The van der Waals surface area contributed by atoms with Crippen LogP contribution in [0.2, 0.25) is 0 Å². The maximum atomic E-state index is 13.0. The topological polar surface area (TPSA) is 73.0 Å². The molecule has 2 heterocycles. The summed E-state index contributed by atoms with van der Waals surface area (Å²) >= 11 is 1.41. The van der Waals surface area contributed by atoms with E-state index in [9.17, 15) is 4.79 Å². The van der Waals surface area contributed by atoms with E-state index in [4.69, 9.17) is 4.42 Å². The summed E-state index contributed by atoms with van der Waals surface area (Å²) in [5, 5.41) is 12.2. The van der Waals surface area contributed by atoms with Crippen LogP contribution < -0.4 is 5.32 Å². The van der Waals surface area contributed by atoms with E-state index in [0.29, 0.717) is 28.6 Å². The third-order valence-corrected chi connectivity index (χ3v) is 5.91. The highest BCUT2D eigenvalue weighted by molar-refractivity contribution is 8.00. The van der Waals surface area contributed by atoms with Gasteiger partial charge in [-0.3, -0.25) is 9.36 Å². The Hall–Kier alpha value is -2.54. The molecule has 30 heavy (non-hydrogen) atoms. The van der Waals surface area contributed by atoms with Crippen LogP contribution in [0.15, 0.2) is 46.2 Å². The Balaban J connectivity index is 1.81. The van der Waals surface area contributed by atoms with Crippen LogP contribution in [0.1, 0.15) is 51.7 Å². The molecule has 0 saturated carbocycles. The number of benzene rings is 1. The number of thioether (sulfide) groups is 1. The number of hydrogen-bond donors (Lipinski definition) is 1. The van der Waals surface area contributed by atoms with Gasteiger partial charge < -0.3 is 9.73 Å². The molecule has 1 amide bonds. The van der Waals surface area contributed by atoms with Crippen LogP contribution in [-0.4, -0.2) is 25.9 Å². The van der Waals surface area contributed by atoms with Gasteiger partial charge in [0.05, 0.1) is 11.5 Å². The number of hydrogen-bond acceptors (Lipinski definition) is 5. The molecule has 6 nitrogen and oxygen atoms in total. The zero-order valence-electron chi connectivity index (χ0n) is 18.5. The van der Waals surface area contributed by atoms with Crippen molar-refractivity contribution in [2.75, 3.05) is 5.32 Å². The van der Waals surface area contributed by atoms with Crippen LogP contribution >= 0.6 is 11.8 Å². The Morgan fingerprint density at radius 2 is 1.90 bits per heavy atom. The standard InChI is InChI=1S/C23H30N4O2S/c1-14(2)13-27-21(19-11-8-12-29-19)25-26-23(27)30-17(6)22(28)24-20-16(5)9-7-10-18(20)15(3)4/h7-12,14-15,17H,13H2,1-6H3,(H,24,28). The zero-order valence-corrected chi connectivity index (χ0v) is 19.3. The molecule has 0 spiro atoms. The monoisotopic (exact) mass is 426 g/mol. The number of rotatable bonds is 8. The van der Waals surface area contributed by atoms with Crippen molar-refractivity contribution in [3.63, 3.8) is 0 Å². The predicted octanol–water partition coefficient (Wildman–Crippen LogP) is 5.75. The third kappa shape index (κ3) is 4.95. The summed E-state index contributed by atoms with van der Waals surface area (Å²) < 4.78 is 7.56. The lowest BCUT2D eigenvalue weighted by atomic mass is 9.98. The molecule has 1 N–H and O–H groups in total. The molecule has 7 heteroatoms. The van der Waals surface area contributed by atoms with Gasteiger partial charge in [-0.2, -0.15) is 0 Å². The quantitative estimate of drug-likeness (QED) is 0.465. The molecule has 1 atom stereocenters. The normalized spacial score (nSPS) is 12.5. The second-order valence-corrected chi connectivity index (χ2v) is 9.54. The summed E-state index contributed by atoms with van der Waals surface area (Å²) in [5.74, 6) is 2.04. The van der Waals surface area contributed by atoms with Gasteiger partial charge >= 0.3 is 0 Å². The number of para-hydroxylation sites is 1. The Labute approximate surface area is 182 Å². The average molecular weight is 427 g/mol. The number of nitrogens with zero attached hydrogens (tertiary/aromatic N) is 3. The van der Waals surface area contributed by atoms with Crippen molar-refractivity contribution < 1.29 is 9.21 Å². The largest absolute Gasteiger partial charge is 0.461 e. The van der Waals surface area contributed by atoms with Gasteiger partial charge in [0.15, 0.2) is 16.7 Å². The fourth-order valence-corrected chi connectivity index (χ4v) is 4.13. The van der Waals surface area contributed by atoms with Gasteiger partial charge in [0.25, 0.3) is 0 Å². The smallest absolute Gasteiger partial charge is 0.237 e. The number of aromatic nitrogens is 3. The maximum Gasteiger partial charge on any atom is 0.237 e. The van der Waals surface area contributed by atoms with Gasteiger partial charge in [0, 0.05) is 12.2 Å². The van der Waals surface area contributed by atoms with Gasteiger partial charge in [0.1, 0.15) is 0 Å². The van der Waals surface area contributed by atoms with E-state index in [0.717, 1.165) is 23.4 Å². The number of nitrogens with one attached hydrogen (secondary N) is 1. The van der Waals surface area contributed by atoms with Crippen LogP contribution in [0.5, 0.6) is 0 Å². The maximum absolute atomic E-state index is 13.0. The molecule has 0 fully saturated rings. The number of furan rings is 1. The second-order valence-electron chi connectivity index (χ2n) is 8.23. The molecule has 0 aliphatic rings. The average Bonchev–Trinajstić information content (AvgIpc) is 3.33. The second kappa shape index (κ2) is 9.51. The molecule has 1 unspecified atom stereocenters. The van der Waals surface area contributed by atoms with Crippen LogP contribution in [0, 0.1) is 12.8 Å². The molecule has 0 radical (unpaired) electrons. The Bertz CT molecular complexity index is 993. The first-order chi connectivity index (χ1) is 14.3. The summed E-state index contributed by atoms with van der Waals surface area (Å²) in [6.45, 7) is 13.2. The number of anilines is 1. The van der Waals surface area contributed by atoms with E-state index < -0.39 is 0 Å². The van der Waals surface area contributed by atoms with Crippen molar-refractivity contribution in [1.82, 2.24) is 14.8 Å². The lowest BCUT2D eigenvalue weighted by Gasteiger charge is -2.19. The molecule has 0 saturated heterocycles. The molecule has 160 valence electrons. The van der Waals surface area contributed by atoms with Crippen LogP contribution in [0.25, 0.3) is 11.6 Å². The van der Waals surface area contributed by atoms with Crippen LogP contribution in [0.4, 0.5) is 5.69 Å². The third-order valence-electron chi connectivity index (χ3n) is 4.83. The summed E-state index contributed by atoms with van der Waals surface area (Å²) in [4.78, 5) is 13.0. The fraction of sp³-hybridized carbons (Fsp3) is 0.435. The molecule has 3 aromatic rings. The van der Waals surface area contributed by atoms with E-state index in [1.165, 1.54) is 11.8 Å². The number of carbonyl (C=O) groups excluding carboxylic acids is 1. The summed E-state index contributed by atoms with van der Waals surface area (Å²) in [6, 6.07) is 9.83. The Morgan fingerprint density at radius 1 is 1.13 bits per heavy atom. The first-order valence-corrected chi connectivity index (χ1v) is 11.2. The molecule has 2 aromatic heterocycles. The van der Waals surface area contributed by atoms with Gasteiger partial charge in [0.2, 0.25) is 5.91 Å². The highest BCUT2D eigenvalue weighted by Gasteiger charge is 2.23. The molecular weight excluding hydrogens is 396 g/mol. The SMILES string of the molecule is Cc1cccc(C(C)C)c1NC(=O)C(C)Sc1nnc(-c2ccco2)n1CC(C)C. The molecule has 0 aliphatic heterocycles. The van der Waals surface area contributed by atoms with E-state index in [2.05, 4.69) is 49.3 Å². The highest BCUT2D eigenvalue weighted by atomic mass is 32.2. The first-order valence-electron chi connectivity index (χ1n) is 10.3. The first kappa shape index (κ1) is 22.2. The van der Waals surface area contributed by atoms with E-state index in [1.54, 1.807) is 6.26 Å². The van der Waals surface area contributed by atoms with Gasteiger partial charge in [-0.05, 0) is 48.9 Å². The molecular formula is C23H30N4O2S. The highest BCUT2D eigenvalue weighted by Crippen LogP contribution is 2.31. The number of amides is 1. The van der Waals surface area contributed by atoms with Crippen molar-refractivity contribution in [1.29, 1.82) is 0 Å². The summed E-state index contributed by atoms with van der Waals surface area (Å²) in [6.07, 6.45) is 1.63. The Kier molecular flexibility index (Phi) is 7.02. The van der Waals surface area contributed by atoms with Crippen molar-refractivity contribution in [3.05, 3.63) is 47.7 Å². The summed E-state index contributed by atoms with van der Waals surface area (Å²) in [5.41, 5.74) is 3.11. The lowest BCUT2D eigenvalue weighted by molar-refractivity contribution is -0.115. The summed E-state index contributed by atoms with van der Waals surface area (Å²) in [7, 11) is 0. The fourth-order valence-electron chi connectivity index (χ4n) is 3.27. The van der Waals surface area contributed by atoms with Crippen LogP contribution in [0.3, 0.4) is 0 Å². The van der Waals surface area contributed by atoms with E-state index in [1.807, 2.05) is 42.7 Å². The van der Waals surface area contributed by atoms with Gasteiger partial charge in [-0.25, -0.2) is 0 Å². The van der Waals surface area contributed by atoms with E-state index >= 15 is 0 Å². The minimum atomic E-state index is -0.329. The van der Waals surface area contributed by atoms with E-state index in [-0.39, 0.29) is 11.2 Å². The zero-order chi connectivity index (χ0) is 21.8. The minimum absolute atomic E-state index is 0.0464.